The molecule has 2 aliphatic rings. The molecule has 7 heteroatoms. The molecule has 0 bridgehead atoms. The normalized spacial score (nSPS) is 19.0. The number of amides is 3. The summed E-state index contributed by atoms with van der Waals surface area (Å²) in [6.07, 6.45) is 10.5. The summed E-state index contributed by atoms with van der Waals surface area (Å²) in [7, 11) is 0. The molecule has 3 amide bonds. The van der Waals surface area contributed by atoms with Gasteiger partial charge in [-0.1, -0.05) is 42.5 Å². The molecular formula is C21H27Cl2N3O2. The fourth-order valence-electron chi connectivity index (χ4n) is 3.80. The van der Waals surface area contributed by atoms with Gasteiger partial charge in [0.2, 0.25) is 5.91 Å². The Hall–Kier alpha value is -1.72. The Morgan fingerprint density at radius 2 is 1.64 bits per heavy atom. The van der Waals surface area contributed by atoms with Crippen LogP contribution in [0.4, 0.5) is 4.79 Å². The Balaban J connectivity index is 1.42. The second-order valence-corrected chi connectivity index (χ2v) is 8.40. The maximum atomic E-state index is 12.4. The molecule has 3 rings (SSSR count). The van der Waals surface area contributed by atoms with Crippen LogP contribution in [0.15, 0.2) is 24.3 Å². The molecule has 0 radical (unpaired) electrons. The van der Waals surface area contributed by atoms with Crippen LogP contribution in [0, 0.1) is 0 Å². The molecule has 0 unspecified atom stereocenters. The van der Waals surface area contributed by atoms with Crippen LogP contribution < -0.4 is 10.6 Å². The minimum Gasteiger partial charge on any atom is -0.350 e. The summed E-state index contributed by atoms with van der Waals surface area (Å²) in [5.41, 5.74) is 0.707. The molecule has 1 aliphatic heterocycles. The van der Waals surface area contributed by atoms with Gasteiger partial charge in [-0.3, -0.25) is 4.79 Å². The van der Waals surface area contributed by atoms with E-state index in [-0.39, 0.29) is 18.0 Å². The molecule has 2 N–H and O–H groups in total. The predicted molar refractivity (Wildman–Crippen MR) is 114 cm³/mol. The number of rotatable bonds is 4. The van der Waals surface area contributed by atoms with E-state index in [1.165, 1.54) is 25.3 Å². The lowest BCUT2D eigenvalue weighted by Crippen LogP contribution is -2.51. The number of urea groups is 1. The highest BCUT2D eigenvalue weighted by Gasteiger charge is 2.25. The Kier molecular flexibility index (Phi) is 7.63. The number of carbonyl (C=O) groups excluding carboxylic acids is 2. The van der Waals surface area contributed by atoms with Crippen molar-refractivity contribution in [2.75, 3.05) is 13.1 Å². The number of hydrogen-bond acceptors (Lipinski definition) is 2. The summed E-state index contributed by atoms with van der Waals surface area (Å²) in [6.45, 7) is 1.32. The van der Waals surface area contributed by atoms with Gasteiger partial charge < -0.3 is 15.5 Å². The quantitative estimate of drug-likeness (QED) is 0.693. The van der Waals surface area contributed by atoms with Crippen molar-refractivity contribution < 1.29 is 9.59 Å². The monoisotopic (exact) mass is 423 g/mol. The average molecular weight is 424 g/mol. The van der Waals surface area contributed by atoms with E-state index in [9.17, 15) is 9.59 Å². The van der Waals surface area contributed by atoms with Crippen LogP contribution in [-0.2, 0) is 4.79 Å². The van der Waals surface area contributed by atoms with Crippen molar-refractivity contribution >= 4 is 41.2 Å². The Bertz CT molecular complexity index is 724. The predicted octanol–water partition coefficient (Wildman–Crippen LogP) is 4.63. The second-order valence-electron chi connectivity index (χ2n) is 7.55. The first kappa shape index (κ1) is 21.0. The molecule has 5 nitrogen and oxygen atoms in total. The molecule has 1 aromatic carbocycles. The van der Waals surface area contributed by atoms with Crippen molar-refractivity contribution in [1.82, 2.24) is 15.5 Å². The van der Waals surface area contributed by atoms with Crippen LogP contribution in [0.1, 0.15) is 50.5 Å². The largest absolute Gasteiger partial charge is 0.350 e. The number of halogens is 2. The third-order valence-corrected chi connectivity index (χ3v) is 6.01. The molecule has 1 saturated heterocycles. The molecule has 152 valence electrons. The average Bonchev–Trinajstić information content (AvgIpc) is 2.70. The SMILES string of the molecule is O=C(/C=C/c1cc(Cl)ccc1Cl)NC1CCN(C(=O)NC2CCCCC2)CC1. The van der Waals surface area contributed by atoms with E-state index in [1.54, 1.807) is 24.3 Å². The molecule has 1 saturated carbocycles. The van der Waals surface area contributed by atoms with E-state index < -0.39 is 0 Å². The Labute approximate surface area is 176 Å². The highest BCUT2D eigenvalue weighted by Crippen LogP contribution is 2.22. The minimum absolute atomic E-state index is 0.0344. The van der Waals surface area contributed by atoms with Crippen molar-refractivity contribution in [3.63, 3.8) is 0 Å². The zero-order chi connectivity index (χ0) is 19.9. The van der Waals surface area contributed by atoms with E-state index in [4.69, 9.17) is 23.2 Å². The lowest BCUT2D eigenvalue weighted by molar-refractivity contribution is -0.117. The van der Waals surface area contributed by atoms with Gasteiger partial charge >= 0.3 is 6.03 Å². The third-order valence-electron chi connectivity index (χ3n) is 5.43. The summed E-state index contributed by atoms with van der Waals surface area (Å²) in [5.74, 6) is -0.166. The summed E-state index contributed by atoms with van der Waals surface area (Å²) in [4.78, 5) is 26.5. The smallest absolute Gasteiger partial charge is 0.317 e. The molecule has 0 aromatic heterocycles. The first-order valence-electron chi connectivity index (χ1n) is 10.0. The molecule has 0 atom stereocenters. The van der Waals surface area contributed by atoms with Crippen molar-refractivity contribution in [2.45, 2.75) is 57.0 Å². The van der Waals surface area contributed by atoms with Crippen LogP contribution in [-0.4, -0.2) is 42.0 Å². The fraction of sp³-hybridized carbons (Fsp3) is 0.524. The minimum atomic E-state index is -0.166. The van der Waals surface area contributed by atoms with Gasteiger partial charge in [-0.25, -0.2) is 4.79 Å². The maximum absolute atomic E-state index is 12.4. The van der Waals surface area contributed by atoms with Gasteiger partial charge in [0.1, 0.15) is 0 Å². The van der Waals surface area contributed by atoms with E-state index >= 15 is 0 Å². The Morgan fingerprint density at radius 1 is 0.964 bits per heavy atom. The fourth-order valence-corrected chi connectivity index (χ4v) is 4.16. The van der Waals surface area contributed by atoms with Gasteiger partial charge in [-0.2, -0.15) is 0 Å². The molecule has 0 spiro atoms. The summed E-state index contributed by atoms with van der Waals surface area (Å²) in [6, 6.07) is 5.56. The molecule has 1 aliphatic carbocycles. The second kappa shape index (κ2) is 10.2. The number of hydrogen-bond donors (Lipinski definition) is 2. The van der Waals surface area contributed by atoms with Gasteiger partial charge in [0.05, 0.1) is 0 Å². The molecule has 1 aromatic rings. The summed E-state index contributed by atoms with van der Waals surface area (Å²) in [5, 5.41) is 7.28. The van der Waals surface area contributed by atoms with Crippen LogP contribution >= 0.6 is 23.2 Å². The van der Waals surface area contributed by atoms with Crippen LogP contribution in [0.3, 0.4) is 0 Å². The van der Waals surface area contributed by atoms with Gasteiger partial charge in [0.25, 0.3) is 0 Å². The number of nitrogens with zero attached hydrogens (tertiary/aromatic N) is 1. The highest BCUT2D eigenvalue weighted by atomic mass is 35.5. The van der Waals surface area contributed by atoms with Crippen molar-refractivity contribution in [3.05, 3.63) is 39.9 Å². The number of piperidine rings is 1. The zero-order valence-electron chi connectivity index (χ0n) is 15.9. The number of carbonyl (C=O) groups is 2. The molecule has 2 fully saturated rings. The van der Waals surface area contributed by atoms with Crippen molar-refractivity contribution in [3.8, 4) is 0 Å². The standard InChI is InChI=1S/C21H27Cl2N3O2/c22-16-7-8-19(23)15(14-16)6-9-20(27)24-18-10-12-26(13-11-18)21(28)25-17-4-2-1-3-5-17/h6-9,14,17-18H,1-5,10-13H2,(H,24,27)(H,25,28)/b9-6+. The topological polar surface area (TPSA) is 61.4 Å². The van der Waals surface area contributed by atoms with E-state index in [1.807, 2.05) is 4.90 Å². The molecular weight excluding hydrogens is 397 g/mol. The van der Waals surface area contributed by atoms with Gasteiger partial charge in [0, 0.05) is 41.3 Å². The van der Waals surface area contributed by atoms with Crippen LogP contribution in [0.5, 0.6) is 0 Å². The van der Waals surface area contributed by atoms with E-state index in [2.05, 4.69) is 10.6 Å². The maximum Gasteiger partial charge on any atom is 0.317 e. The summed E-state index contributed by atoms with van der Waals surface area (Å²) >= 11 is 12.1. The molecule has 1 heterocycles. The lowest BCUT2D eigenvalue weighted by Gasteiger charge is -2.34. The molecule has 28 heavy (non-hydrogen) atoms. The number of likely N-dealkylation sites (tertiary alicyclic amines) is 1. The number of benzene rings is 1. The Morgan fingerprint density at radius 3 is 2.36 bits per heavy atom. The van der Waals surface area contributed by atoms with Gasteiger partial charge in [-0.15, -0.1) is 0 Å². The summed E-state index contributed by atoms with van der Waals surface area (Å²) < 4.78 is 0. The van der Waals surface area contributed by atoms with Gasteiger partial charge in [-0.05, 0) is 55.5 Å². The first-order valence-corrected chi connectivity index (χ1v) is 10.8. The first-order chi connectivity index (χ1) is 13.5. The van der Waals surface area contributed by atoms with Crippen molar-refractivity contribution in [2.24, 2.45) is 0 Å². The van der Waals surface area contributed by atoms with Crippen LogP contribution in [0.25, 0.3) is 6.08 Å². The zero-order valence-corrected chi connectivity index (χ0v) is 17.4. The number of nitrogens with one attached hydrogen (secondary N) is 2. The third kappa shape index (κ3) is 6.14. The lowest BCUT2D eigenvalue weighted by atomic mass is 9.95. The van der Waals surface area contributed by atoms with Crippen molar-refractivity contribution in [1.29, 1.82) is 0 Å². The van der Waals surface area contributed by atoms with E-state index in [0.717, 1.165) is 25.7 Å². The van der Waals surface area contributed by atoms with Crippen LogP contribution in [0.2, 0.25) is 10.0 Å². The van der Waals surface area contributed by atoms with E-state index in [0.29, 0.717) is 34.7 Å². The van der Waals surface area contributed by atoms with Gasteiger partial charge in [0.15, 0.2) is 0 Å². The highest BCUT2D eigenvalue weighted by molar-refractivity contribution is 6.34.